The molecule has 1 aromatic carbocycles. The Morgan fingerprint density at radius 1 is 1.18 bits per heavy atom. The molecule has 0 unspecified atom stereocenters. The van der Waals surface area contributed by atoms with Gasteiger partial charge in [-0.15, -0.1) is 0 Å². The summed E-state index contributed by atoms with van der Waals surface area (Å²) >= 11 is 0. The van der Waals surface area contributed by atoms with Gasteiger partial charge in [-0.3, -0.25) is 0 Å². The monoisotopic (exact) mass is 234 g/mol. The van der Waals surface area contributed by atoms with Crippen molar-refractivity contribution in [2.45, 2.75) is 27.7 Å². The van der Waals surface area contributed by atoms with Crippen LogP contribution in [-0.4, -0.2) is 22.8 Å². The van der Waals surface area contributed by atoms with E-state index >= 15 is 0 Å². The summed E-state index contributed by atoms with van der Waals surface area (Å²) in [5.41, 5.74) is 5.57. The van der Waals surface area contributed by atoms with Crippen molar-refractivity contribution in [3.63, 3.8) is 0 Å². The molecule has 0 aliphatic heterocycles. The van der Waals surface area contributed by atoms with E-state index in [1.165, 1.54) is 0 Å². The molecule has 0 heterocycles. The molecule has 3 heteroatoms. The van der Waals surface area contributed by atoms with Gasteiger partial charge in [-0.05, 0) is 61.1 Å². The van der Waals surface area contributed by atoms with Gasteiger partial charge >= 0.3 is 5.97 Å². The molecule has 0 bridgehead atoms. The number of aliphatic hydroxyl groups is 1. The second-order valence-electron chi connectivity index (χ2n) is 4.30. The first-order valence-corrected chi connectivity index (χ1v) is 5.50. The van der Waals surface area contributed by atoms with Crippen LogP contribution >= 0.6 is 0 Å². The first-order chi connectivity index (χ1) is 7.88. The molecule has 0 radical (unpaired) electrons. The van der Waals surface area contributed by atoms with Gasteiger partial charge in [-0.2, -0.15) is 0 Å². The molecular formula is C14H18O3. The van der Waals surface area contributed by atoms with Crippen LogP contribution < -0.4 is 0 Å². The van der Waals surface area contributed by atoms with Gasteiger partial charge in [0.2, 0.25) is 0 Å². The van der Waals surface area contributed by atoms with Crippen LogP contribution in [0.1, 0.15) is 27.8 Å². The van der Waals surface area contributed by atoms with Gasteiger partial charge < -0.3 is 10.2 Å². The summed E-state index contributed by atoms with van der Waals surface area (Å²) in [7, 11) is 0. The molecule has 0 amide bonds. The maximum Gasteiger partial charge on any atom is 0.328 e. The summed E-state index contributed by atoms with van der Waals surface area (Å²) in [4.78, 5) is 10.7. The van der Waals surface area contributed by atoms with Crippen molar-refractivity contribution in [1.82, 2.24) is 0 Å². The van der Waals surface area contributed by atoms with Gasteiger partial charge in [-0.25, -0.2) is 4.79 Å². The van der Waals surface area contributed by atoms with E-state index in [2.05, 4.69) is 6.07 Å². The highest BCUT2D eigenvalue weighted by Gasteiger charge is 2.13. The van der Waals surface area contributed by atoms with Crippen molar-refractivity contribution < 1.29 is 15.0 Å². The number of carbonyl (C=O) groups is 1. The average molecular weight is 234 g/mol. The zero-order valence-corrected chi connectivity index (χ0v) is 10.7. The highest BCUT2D eigenvalue weighted by Crippen LogP contribution is 2.27. The smallest absolute Gasteiger partial charge is 0.328 e. The molecule has 0 fully saturated rings. The molecule has 0 aromatic heterocycles. The van der Waals surface area contributed by atoms with Crippen LogP contribution in [0.15, 0.2) is 12.1 Å². The Labute approximate surface area is 101 Å². The van der Waals surface area contributed by atoms with Crippen molar-refractivity contribution in [3.8, 4) is 0 Å². The van der Waals surface area contributed by atoms with E-state index < -0.39 is 5.97 Å². The molecule has 0 saturated carbocycles. The van der Waals surface area contributed by atoms with Crippen LogP contribution in [0.5, 0.6) is 0 Å². The second-order valence-corrected chi connectivity index (χ2v) is 4.30. The number of rotatable bonds is 3. The molecule has 0 atom stereocenters. The van der Waals surface area contributed by atoms with Crippen molar-refractivity contribution in [2.24, 2.45) is 0 Å². The number of aliphatic hydroxyl groups excluding tert-OH is 1. The number of carboxylic acids is 1. The van der Waals surface area contributed by atoms with Gasteiger partial charge in [-0.1, -0.05) is 6.07 Å². The minimum absolute atomic E-state index is 0.267. The largest absolute Gasteiger partial charge is 0.478 e. The van der Waals surface area contributed by atoms with Crippen molar-refractivity contribution >= 4 is 11.5 Å². The van der Waals surface area contributed by atoms with Gasteiger partial charge in [0.1, 0.15) is 0 Å². The number of hydrogen-bond acceptors (Lipinski definition) is 2. The van der Waals surface area contributed by atoms with Crippen LogP contribution in [0.4, 0.5) is 0 Å². The molecule has 0 saturated heterocycles. The lowest BCUT2D eigenvalue weighted by atomic mass is 9.89. The molecule has 1 aromatic rings. The Morgan fingerprint density at radius 3 is 2.00 bits per heavy atom. The van der Waals surface area contributed by atoms with Gasteiger partial charge in [0.05, 0.1) is 6.61 Å². The zero-order valence-electron chi connectivity index (χ0n) is 10.7. The molecule has 2 N–H and O–H groups in total. The Bertz CT molecular complexity index is 458. The molecular weight excluding hydrogens is 216 g/mol. The van der Waals surface area contributed by atoms with Crippen molar-refractivity contribution in [3.05, 3.63) is 40.0 Å². The van der Waals surface area contributed by atoms with E-state index in [-0.39, 0.29) is 6.61 Å². The highest BCUT2D eigenvalue weighted by molar-refractivity contribution is 5.91. The average Bonchev–Trinajstić information content (AvgIpc) is 2.24. The molecule has 17 heavy (non-hydrogen) atoms. The fourth-order valence-corrected chi connectivity index (χ4v) is 2.04. The quantitative estimate of drug-likeness (QED) is 0.789. The molecule has 0 spiro atoms. The van der Waals surface area contributed by atoms with E-state index in [0.29, 0.717) is 5.57 Å². The summed E-state index contributed by atoms with van der Waals surface area (Å²) in [6.45, 7) is 7.60. The van der Waals surface area contributed by atoms with Crippen LogP contribution in [-0.2, 0) is 4.79 Å². The maximum absolute atomic E-state index is 10.7. The third kappa shape index (κ3) is 2.74. The number of hydrogen-bond donors (Lipinski definition) is 2. The highest BCUT2D eigenvalue weighted by atomic mass is 16.4. The standard InChI is InChI=1S/C14H18O3/c1-8-5-9(2)11(4)14(10(8)3)12(7-15)6-13(16)17/h5-6,15H,7H2,1-4H3,(H,16,17)/b12-6+. The third-order valence-corrected chi connectivity index (χ3v) is 3.16. The summed E-state index contributed by atoms with van der Waals surface area (Å²) < 4.78 is 0. The topological polar surface area (TPSA) is 57.5 Å². The lowest BCUT2D eigenvalue weighted by Crippen LogP contribution is -2.03. The second kappa shape index (κ2) is 5.15. The van der Waals surface area contributed by atoms with E-state index in [1.54, 1.807) is 0 Å². The van der Waals surface area contributed by atoms with E-state index in [4.69, 9.17) is 5.11 Å². The third-order valence-electron chi connectivity index (χ3n) is 3.16. The predicted molar refractivity (Wildman–Crippen MR) is 68.1 cm³/mol. The maximum atomic E-state index is 10.7. The Kier molecular flexibility index (Phi) is 4.07. The number of carboxylic acid groups (broad SMARTS) is 1. The summed E-state index contributed by atoms with van der Waals surface area (Å²) in [6.07, 6.45) is 1.08. The van der Waals surface area contributed by atoms with E-state index in [1.807, 2.05) is 27.7 Å². The zero-order chi connectivity index (χ0) is 13.2. The Hall–Kier alpha value is -1.61. The lowest BCUT2D eigenvalue weighted by molar-refractivity contribution is -0.131. The molecule has 92 valence electrons. The predicted octanol–water partition coefficient (Wildman–Crippen LogP) is 2.38. The van der Waals surface area contributed by atoms with E-state index in [0.717, 1.165) is 33.9 Å². The van der Waals surface area contributed by atoms with Crippen LogP contribution in [0.25, 0.3) is 5.57 Å². The number of aryl methyl sites for hydroxylation is 2. The lowest BCUT2D eigenvalue weighted by Gasteiger charge is -2.16. The fraction of sp³-hybridized carbons (Fsp3) is 0.357. The summed E-state index contributed by atoms with van der Waals surface area (Å²) in [5, 5.41) is 18.1. The first kappa shape index (κ1) is 13.5. The molecule has 0 aliphatic carbocycles. The first-order valence-electron chi connectivity index (χ1n) is 5.50. The van der Waals surface area contributed by atoms with Crippen molar-refractivity contribution in [2.75, 3.05) is 6.61 Å². The van der Waals surface area contributed by atoms with Crippen LogP contribution in [0, 0.1) is 27.7 Å². The minimum Gasteiger partial charge on any atom is -0.478 e. The van der Waals surface area contributed by atoms with Crippen molar-refractivity contribution in [1.29, 1.82) is 0 Å². The van der Waals surface area contributed by atoms with Gasteiger partial charge in [0, 0.05) is 6.08 Å². The summed E-state index contributed by atoms with van der Waals surface area (Å²) in [5.74, 6) is -1.04. The van der Waals surface area contributed by atoms with Crippen LogP contribution in [0.2, 0.25) is 0 Å². The molecule has 1 rings (SSSR count). The minimum atomic E-state index is -1.04. The number of aliphatic carboxylic acids is 1. The molecule has 3 nitrogen and oxygen atoms in total. The molecule has 0 aliphatic rings. The fourth-order valence-electron chi connectivity index (χ4n) is 2.04. The van der Waals surface area contributed by atoms with Gasteiger partial charge in [0.15, 0.2) is 0 Å². The normalized spacial score (nSPS) is 11.7. The van der Waals surface area contributed by atoms with Gasteiger partial charge in [0.25, 0.3) is 0 Å². The summed E-state index contributed by atoms with van der Waals surface area (Å²) in [6, 6.07) is 2.07. The number of benzene rings is 1. The Balaban J connectivity index is 3.53. The van der Waals surface area contributed by atoms with E-state index in [9.17, 15) is 9.90 Å². The SMILES string of the molecule is Cc1cc(C)c(C)c(/C(=C/C(=O)O)CO)c1C. The van der Waals surface area contributed by atoms with Crippen LogP contribution in [0.3, 0.4) is 0 Å². The Morgan fingerprint density at radius 2 is 1.65 bits per heavy atom.